The van der Waals surface area contributed by atoms with Gasteiger partial charge in [-0.3, -0.25) is 0 Å². The van der Waals surface area contributed by atoms with Crippen LogP contribution in [0.25, 0.3) is 0 Å². The minimum absolute atomic E-state index is 0.184. The maximum atomic E-state index is 12.3. The van der Waals surface area contributed by atoms with Gasteiger partial charge in [-0.1, -0.05) is 24.3 Å². The van der Waals surface area contributed by atoms with Crippen molar-refractivity contribution in [3.63, 3.8) is 0 Å². The SMILES string of the molecule is COc1cc(CNC(=O)NCC2CCCc3ccccc32)cc(OC)c1OC. The number of hydrogen-bond donors (Lipinski definition) is 2. The number of nitrogens with one attached hydrogen (secondary N) is 2. The van der Waals surface area contributed by atoms with Crippen LogP contribution in [0.1, 0.15) is 35.4 Å². The highest BCUT2D eigenvalue weighted by atomic mass is 16.5. The van der Waals surface area contributed by atoms with Crippen molar-refractivity contribution in [3.8, 4) is 17.2 Å². The Morgan fingerprint density at radius 3 is 2.43 bits per heavy atom. The Morgan fingerprint density at radius 1 is 1.04 bits per heavy atom. The molecule has 0 bridgehead atoms. The van der Waals surface area contributed by atoms with Crippen LogP contribution in [0.3, 0.4) is 0 Å². The fraction of sp³-hybridized carbons (Fsp3) is 0.409. The zero-order valence-electron chi connectivity index (χ0n) is 16.7. The molecule has 3 rings (SSSR count). The number of benzene rings is 2. The van der Waals surface area contributed by atoms with Gasteiger partial charge in [0.2, 0.25) is 5.75 Å². The van der Waals surface area contributed by atoms with Crippen LogP contribution >= 0.6 is 0 Å². The number of amides is 2. The zero-order valence-corrected chi connectivity index (χ0v) is 16.7. The molecule has 0 aliphatic heterocycles. The van der Waals surface area contributed by atoms with Crippen molar-refractivity contribution in [1.29, 1.82) is 0 Å². The Balaban J connectivity index is 1.57. The maximum absolute atomic E-state index is 12.3. The van der Waals surface area contributed by atoms with Gasteiger partial charge in [-0.15, -0.1) is 0 Å². The molecule has 1 unspecified atom stereocenters. The summed E-state index contributed by atoms with van der Waals surface area (Å²) in [6.45, 7) is 1.00. The maximum Gasteiger partial charge on any atom is 0.315 e. The first kappa shape index (κ1) is 19.9. The van der Waals surface area contributed by atoms with Crippen LogP contribution in [-0.4, -0.2) is 33.9 Å². The number of carbonyl (C=O) groups is 1. The monoisotopic (exact) mass is 384 g/mol. The molecule has 0 saturated carbocycles. The minimum atomic E-state index is -0.184. The van der Waals surface area contributed by atoms with Crippen LogP contribution in [0, 0.1) is 0 Å². The van der Waals surface area contributed by atoms with Crippen LogP contribution < -0.4 is 24.8 Å². The van der Waals surface area contributed by atoms with Crippen molar-refractivity contribution in [2.45, 2.75) is 31.7 Å². The molecule has 0 heterocycles. The molecular formula is C22H28N2O4. The van der Waals surface area contributed by atoms with Crippen LogP contribution in [0.4, 0.5) is 4.79 Å². The van der Waals surface area contributed by atoms with Gasteiger partial charge in [-0.25, -0.2) is 4.79 Å². The molecule has 28 heavy (non-hydrogen) atoms. The van der Waals surface area contributed by atoms with Crippen molar-refractivity contribution < 1.29 is 19.0 Å². The van der Waals surface area contributed by atoms with Crippen molar-refractivity contribution in [2.24, 2.45) is 0 Å². The molecule has 0 radical (unpaired) electrons. The van der Waals surface area contributed by atoms with E-state index in [0.717, 1.165) is 24.8 Å². The molecule has 2 N–H and O–H groups in total. The second-order valence-corrected chi connectivity index (χ2v) is 6.89. The molecule has 150 valence electrons. The number of rotatable bonds is 7. The summed E-state index contributed by atoms with van der Waals surface area (Å²) in [7, 11) is 4.71. The van der Waals surface area contributed by atoms with Gasteiger partial charge in [-0.2, -0.15) is 0 Å². The average molecular weight is 384 g/mol. The van der Waals surface area contributed by atoms with Crippen molar-refractivity contribution in [2.75, 3.05) is 27.9 Å². The van der Waals surface area contributed by atoms with Crippen molar-refractivity contribution in [1.82, 2.24) is 10.6 Å². The third-order valence-electron chi connectivity index (χ3n) is 5.18. The topological polar surface area (TPSA) is 68.8 Å². The number of carbonyl (C=O) groups excluding carboxylic acids is 1. The fourth-order valence-corrected chi connectivity index (χ4v) is 3.76. The zero-order chi connectivity index (χ0) is 19.9. The molecule has 1 aliphatic rings. The Hall–Kier alpha value is -2.89. The van der Waals surface area contributed by atoms with Gasteiger partial charge in [0.15, 0.2) is 11.5 Å². The number of urea groups is 1. The van der Waals surface area contributed by atoms with Gasteiger partial charge < -0.3 is 24.8 Å². The molecule has 2 aromatic rings. The minimum Gasteiger partial charge on any atom is -0.493 e. The predicted octanol–water partition coefficient (Wildman–Crippen LogP) is 3.63. The largest absolute Gasteiger partial charge is 0.493 e. The molecule has 0 saturated heterocycles. The highest BCUT2D eigenvalue weighted by Crippen LogP contribution is 2.38. The van der Waals surface area contributed by atoms with E-state index < -0.39 is 0 Å². The van der Waals surface area contributed by atoms with Gasteiger partial charge in [0.05, 0.1) is 21.3 Å². The summed E-state index contributed by atoms with van der Waals surface area (Å²) in [6.07, 6.45) is 3.39. The van der Waals surface area contributed by atoms with Crippen LogP contribution in [0.15, 0.2) is 36.4 Å². The quantitative estimate of drug-likeness (QED) is 0.765. The Morgan fingerprint density at radius 2 is 1.75 bits per heavy atom. The molecule has 0 aromatic heterocycles. The second-order valence-electron chi connectivity index (χ2n) is 6.89. The lowest BCUT2D eigenvalue weighted by Crippen LogP contribution is -2.38. The highest BCUT2D eigenvalue weighted by Gasteiger charge is 2.20. The smallest absolute Gasteiger partial charge is 0.315 e. The average Bonchev–Trinajstić information content (AvgIpc) is 2.75. The summed E-state index contributed by atoms with van der Waals surface area (Å²) < 4.78 is 16.0. The van der Waals surface area contributed by atoms with Gasteiger partial charge in [-0.05, 0) is 48.1 Å². The molecule has 1 aliphatic carbocycles. The van der Waals surface area contributed by atoms with Crippen molar-refractivity contribution >= 4 is 6.03 Å². The molecule has 0 fully saturated rings. The van der Waals surface area contributed by atoms with E-state index in [4.69, 9.17) is 14.2 Å². The van der Waals surface area contributed by atoms with E-state index in [0.29, 0.717) is 36.3 Å². The van der Waals surface area contributed by atoms with Crippen molar-refractivity contribution in [3.05, 3.63) is 53.1 Å². The van der Waals surface area contributed by atoms with Gasteiger partial charge >= 0.3 is 6.03 Å². The van der Waals surface area contributed by atoms with Crippen LogP contribution in [-0.2, 0) is 13.0 Å². The lowest BCUT2D eigenvalue weighted by molar-refractivity contribution is 0.239. The Kier molecular flexibility index (Phi) is 6.63. The first-order valence-corrected chi connectivity index (χ1v) is 9.54. The molecule has 2 aromatic carbocycles. The van der Waals surface area contributed by atoms with E-state index in [-0.39, 0.29) is 6.03 Å². The number of ether oxygens (including phenoxy) is 3. The lowest BCUT2D eigenvalue weighted by Gasteiger charge is -2.25. The van der Waals surface area contributed by atoms with E-state index in [9.17, 15) is 4.79 Å². The second kappa shape index (κ2) is 9.35. The van der Waals surface area contributed by atoms with Gasteiger partial charge in [0, 0.05) is 19.0 Å². The first-order valence-electron chi connectivity index (χ1n) is 9.54. The summed E-state index contributed by atoms with van der Waals surface area (Å²) in [6, 6.07) is 12.0. The summed E-state index contributed by atoms with van der Waals surface area (Å²) in [5.41, 5.74) is 3.63. The van der Waals surface area contributed by atoms with Gasteiger partial charge in [0.1, 0.15) is 0 Å². The van der Waals surface area contributed by atoms with E-state index >= 15 is 0 Å². The summed E-state index contributed by atoms with van der Waals surface area (Å²) >= 11 is 0. The third kappa shape index (κ3) is 4.50. The molecule has 0 spiro atoms. The van der Waals surface area contributed by atoms with E-state index in [2.05, 4.69) is 34.9 Å². The summed E-state index contributed by atoms with van der Waals surface area (Å²) in [4.78, 5) is 12.3. The molecule has 2 amide bonds. The fourth-order valence-electron chi connectivity index (χ4n) is 3.76. The number of aryl methyl sites for hydroxylation is 1. The Labute approximate surface area is 166 Å². The Bertz CT molecular complexity index is 797. The van der Waals surface area contributed by atoms with Gasteiger partial charge in [0.25, 0.3) is 0 Å². The third-order valence-corrected chi connectivity index (χ3v) is 5.18. The lowest BCUT2D eigenvalue weighted by atomic mass is 9.83. The molecule has 6 nitrogen and oxygen atoms in total. The number of hydrogen-bond acceptors (Lipinski definition) is 4. The molecular weight excluding hydrogens is 356 g/mol. The highest BCUT2D eigenvalue weighted by molar-refractivity contribution is 5.74. The summed E-state index contributed by atoms with van der Waals surface area (Å²) in [5.74, 6) is 2.04. The molecule has 6 heteroatoms. The van der Waals surface area contributed by atoms with E-state index in [1.807, 2.05) is 12.1 Å². The first-order chi connectivity index (χ1) is 13.7. The van der Waals surface area contributed by atoms with Crippen LogP contribution in [0.5, 0.6) is 17.2 Å². The molecule has 1 atom stereocenters. The van der Waals surface area contributed by atoms with E-state index in [1.54, 1.807) is 21.3 Å². The number of fused-ring (bicyclic) bond motifs is 1. The predicted molar refractivity (Wildman–Crippen MR) is 108 cm³/mol. The standard InChI is InChI=1S/C22H28N2O4/c1-26-19-11-15(12-20(27-2)21(19)28-3)13-23-22(25)24-14-17-9-6-8-16-7-4-5-10-18(16)17/h4-5,7,10-12,17H,6,8-9,13-14H2,1-3H3,(H2,23,24,25). The summed E-state index contributed by atoms with van der Waals surface area (Å²) in [5, 5.41) is 5.91. The number of methoxy groups -OCH3 is 3. The van der Waals surface area contributed by atoms with Crippen LogP contribution in [0.2, 0.25) is 0 Å². The normalized spacial score (nSPS) is 15.3. The van der Waals surface area contributed by atoms with E-state index in [1.165, 1.54) is 11.1 Å².